The molecule has 0 bridgehead atoms. The highest BCUT2D eigenvalue weighted by atomic mass is 19.1. The minimum atomic E-state index is -0.290. The molecule has 0 radical (unpaired) electrons. The molecule has 8 nitrogen and oxygen atoms in total. The van der Waals surface area contributed by atoms with Crippen molar-refractivity contribution in [3.8, 4) is 11.3 Å². The third-order valence-electron chi connectivity index (χ3n) is 7.98. The Morgan fingerprint density at radius 1 is 1.00 bits per heavy atom. The smallest absolute Gasteiger partial charge is 0.151 e. The van der Waals surface area contributed by atoms with Crippen LogP contribution in [0.15, 0.2) is 54.9 Å². The number of halogens is 1. The summed E-state index contributed by atoms with van der Waals surface area (Å²) in [7, 11) is 3.66. The van der Waals surface area contributed by atoms with E-state index in [-0.39, 0.29) is 11.9 Å². The van der Waals surface area contributed by atoms with Crippen LogP contribution in [0.2, 0.25) is 0 Å². The molecule has 7 rings (SSSR count). The fraction of sp³-hybridized carbons (Fsp3) is 0.310. The molecule has 1 fully saturated rings. The Kier molecular flexibility index (Phi) is 5.29. The number of benzene rings is 2. The summed E-state index contributed by atoms with van der Waals surface area (Å²) in [5.74, 6) is 0.0311. The lowest BCUT2D eigenvalue weighted by Gasteiger charge is -2.33. The predicted octanol–water partition coefficient (Wildman–Crippen LogP) is 5.34. The Labute approximate surface area is 218 Å². The summed E-state index contributed by atoms with van der Waals surface area (Å²) in [5.41, 5.74) is 6.95. The number of hydrogen-bond donors (Lipinski definition) is 0. The molecular formula is C29H28FN7O. The Balaban J connectivity index is 1.62. The van der Waals surface area contributed by atoms with Gasteiger partial charge in [0.25, 0.3) is 0 Å². The van der Waals surface area contributed by atoms with Crippen LogP contribution >= 0.6 is 0 Å². The van der Waals surface area contributed by atoms with Crippen LogP contribution in [0.4, 0.5) is 4.39 Å². The summed E-state index contributed by atoms with van der Waals surface area (Å²) >= 11 is 0. The van der Waals surface area contributed by atoms with Gasteiger partial charge in [0.2, 0.25) is 0 Å². The van der Waals surface area contributed by atoms with Gasteiger partial charge in [-0.15, -0.1) is 5.10 Å². The third kappa shape index (κ3) is 3.38. The first-order valence-electron chi connectivity index (χ1n) is 13.0. The number of nitrogens with zero attached hydrogens (tertiary/aromatic N) is 7. The van der Waals surface area contributed by atoms with E-state index in [9.17, 15) is 0 Å². The van der Waals surface area contributed by atoms with Crippen molar-refractivity contribution in [2.45, 2.75) is 25.8 Å². The van der Waals surface area contributed by atoms with Gasteiger partial charge in [-0.05, 0) is 37.3 Å². The van der Waals surface area contributed by atoms with Gasteiger partial charge in [0, 0.05) is 55.9 Å². The molecule has 6 aromatic rings. The highest BCUT2D eigenvalue weighted by Gasteiger charge is 2.31. The van der Waals surface area contributed by atoms with Crippen molar-refractivity contribution in [1.82, 2.24) is 34.3 Å². The maximum Gasteiger partial charge on any atom is 0.151 e. The molecule has 0 aliphatic carbocycles. The lowest BCUT2D eigenvalue weighted by atomic mass is 9.86. The van der Waals surface area contributed by atoms with Gasteiger partial charge in [0.05, 0.1) is 40.2 Å². The molecule has 192 valence electrons. The maximum absolute atomic E-state index is 15.7. The second kappa shape index (κ2) is 8.73. The lowest BCUT2D eigenvalue weighted by Crippen LogP contribution is -2.26. The number of fused-ring (bicyclic) bond motifs is 5. The molecule has 9 heteroatoms. The van der Waals surface area contributed by atoms with E-state index in [2.05, 4.69) is 50.3 Å². The van der Waals surface area contributed by atoms with E-state index < -0.39 is 0 Å². The Morgan fingerprint density at radius 3 is 2.53 bits per heavy atom. The zero-order valence-corrected chi connectivity index (χ0v) is 21.6. The summed E-state index contributed by atoms with van der Waals surface area (Å²) in [6.45, 7) is 3.39. The summed E-state index contributed by atoms with van der Waals surface area (Å²) < 4.78 is 27.1. The topological polar surface area (TPSA) is 75.6 Å². The van der Waals surface area contributed by atoms with Crippen molar-refractivity contribution in [3.63, 3.8) is 0 Å². The standard InChI is InChI=1S/C29H28FN7O/c1-17-27(36(3)34-33-17)20-13-24-26(31-15-20)25-21-16-32-35(2)29(21)22(30)14-23(25)37(24)28(18-7-5-4-6-8-18)19-9-11-38-12-10-19/h4-8,13-16,19,28H,9-12H2,1-3H3/t28-/m1/s1. The van der Waals surface area contributed by atoms with Gasteiger partial charge in [-0.2, -0.15) is 5.10 Å². The molecule has 1 aliphatic rings. The second-order valence-corrected chi connectivity index (χ2v) is 10.2. The minimum absolute atomic E-state index is 0.0172. The number of pyridine rings is 1. The highest BCUT2D eigenvalue weighted by Crippen LogP contribution is 2.43. The Hall–Kier alpha value is -4.11. The molecular weight excluding hydrogens is 481 g/mol. The van der Waals surface area contributed by atoms with Crippen molar-refractivity contribution in [1.29, 1.82) is 0 Å². The van der Waals surface area contributed by atoms with E-state index >= 15 is 4.39 Å². The van der Waals surface area contributed by atoms with Crippen molar-refractivity contribution in [3.05, 3.63) is 71.9 Å². The molecule has 2 aromatic carbocycles. The zero-order valence-electron chi connectivity index (χ0n) is 21.6. The van der Waals surface area contributed by atoms with Crippen molar-refractivity contribution in [2.24, 2.45) is 20.0 Å². The minimum Gasteiger partial charge on any atom is -0.381 e. The van der Waals surface area contributed by atoms with E-state index in [4.69, 9.17) is 9.72 Å². The SMILES string of the molecule is Cc1nnn(C)c1-c1cnc2c3c4cnn(C)c4c(F)cc3n([C@H](c3ccccc3)C3CCOCC3)c2c1. The first-order valence-corrected chi connectivity index (χ1v) is 13.0. The molecule has 1 saturated heterocycles. The van der Waals surface area contributed by atoms with Crippen LogP contribution in [0.5, 0.6) is 0 Å². The van der Waals surface area contributed by atoms with Gasteiger partial charge < -0.3 is 9.30 Å². The number of rotatable bonds is 4. The van der Waals surface area contributed by atoms with Gasteiger partial charge >= 0.3 is 0 Å². The fourth-order valence-corrected chi connectivity index (χ4v) is 6.30. The van der Waals surface area contributed by atoms with Crippen LogP contribution in [-0.2, 0) is 18.8 Å². The quantitative estimate of drug-likeness (QED) is 0.321. The lowest BCUT2D eigenvalue weighted by molar-refractivity contribution is 0.0553. The first kappa shape index (κ1) is 23.0. The van der Waals surface area contributed by atoms with E-state index in [1.54, 1.807) is 28.7 Å². The fourth-order valence-electron chi connectivity index (χ4n) is 6.30. The average molecular weight is 510 g/mol. The third-order valence-corrected chi connectivity index (χ3v) is 7.98. The highest BCUT2D eigenvalue weighted by molar-refractivity contribution is 6.19. The van der Waals surface area contributed by atoms with E-state index in [0.29, 0.717) is 11.4 Å². The van der Waals surface area contributed by atoms with Crippen molar-refractivity contribution >= 4 is 32.8 Å². The number of aryl methyl sites for hydroxylation is 3. The van der Waals surface area contributed by atoms with Crippen LogP contribution in [0.3, 0.4) is 0 Å². The molecule has 0 N–H and O–H groups in total. The average Bonchev–Trinajstić information content (AvgIpc) is 3.59. The van der Waals surface area contributed by atoms with Crippen LogP contribution in [-0.4, -0.2) is 47.5 Å². The van der Waals surface area contributed by atoms with Gasteiger partial charge in [0.15, 0.2) is 5.82 Å². The summed E-state index contributed by atoms with van der Waals surface area (Å²) in [6.07, 6.45) is 5.48. The van der Waals surface area contributed by atoms with E-state index in [0.717, 1.165) is 70.3 Å². The summed E-state index contributed by atoms with van der Waals surface area (Å²) in [4.78, 5) is 5.00. The van der Waals surface area contributed by atoms with E-state index in [1.807, 2.05) is 26.2 Å². The Bertz CT molecular complexity index is 1790. The summed E-state index contributed by atoms with van der Waals surface area (Å²) in [5, 5.41) is 14.5. The Morgan fingerprint density at radius 2 is 1.79 bits per heavy atom. The number of hydrogen-bond acceptors (Lipinski definition) is 5. The monoisotopic (exact) mass is 509 g/mol. The summed E-state index contributed by atoms with van der Waals surface area (Å²) in [6, 6.07) is 14.3. The van der Waals surface area contributed by atoms with Gasteiger partial charge in [0.1, 0.15) is 5.52 Å². The van der Waals surface area contributed by atoms with Gasteiger partial charge in [-0.1, -0.05) is 35.5 Å². The van der Waals surface area contributed by atoms with Crippen molar-refractivity contribution in [2.75, 3.05) is 13.2 Å². The normalized spacial score (nSPS) is 15.7. The second-order valence-electron chi connectivity index (χ2n) is 10.2. The molecule has 0 spiro atoms. The molecule has 5 heterocycles. The van der Waals surface area contributed by atoms with Gasteiger partial charge in [-0.25, -0.2) is 9.07 Å². The molecule has 4 aromatic heterocycles. The van der Waals surface area contributed by atoms with E-state index in [1.165, 1.54) is 5.56 Å². The molecule has 38 heavy (non-hydrogen) atoms. The van der Waals surface area contributed by atoms with Gasteiger partial charge in [-0.3, -0.25) is 9.67 Å². The number of ether oxygens (including phenoxy) is 1. The predicted molar refractivity (Wildman–Crippen MR) is 144 cm³/mol. The first-order chi connectivity index (χ1) is 18.5. The molecule has 1 atom stereocenters. The maximum atomic E-state index is 15.7. The van der Waals surface area contributed by atoms with Crippen LogP contribution in [0, 0.1) is 18.7 Å². The molecule has 0 unspecified atom stereocenters. The zero-order chi connectivity index (χ0) is 26.0. The van der Waals surface area contributed by atoms with Crippen LogP contribution in [0.1, 0.15) is 30.1 Å². The largest absolute Gasteiger partial charge is 0.381 e. The molecule has 0 amide bonds. The van der Waals surface area contributed by atoms with Crippen molar-refractivity contribution < 1.29 is 9.13 Å². The number of aromatic nitrogens is 7. The van der Waals surface area contributed by atoms with Crippen LogP contribution < -0.4 is 0 Å². The molecule has 1 aliphatic heterocycles. The molecule has 0 saturated carbocycles. The van der Waals surface area contributed by atoms with Crippen LogP contribution in [0.25, 0.3) is 44.1 Å².